The molecule has 0 saturated heterocycles. The molecule has 0 radical (unpaired) electrons. The van der Waals surface area contributed by atoms with E-state index in [0.717, 1.165) is 5.56 Å². The lowest BCUT2D eigenvalue weighted by molar-refractivity contribution is -0.144. The number of amides is 3. The van der Waals surface area contributed by atoms with Gasteiger partial charge in [0.1, 0.15) is 18.1 Å². The zero-order valence-corrected chi connectivity index (χ0v) is 21.4. The van der Waals surface area contributed by atoms with Crippen LogP contribution in [0.25, 0.3) is 0 Å². The fourth-order valence-electron chi connectivity index (χ4n) is 3.67. The molecule has 15 nitrogen and oxygen atoms in total. The Labute approximate surface area is 228 Å². The van der Waals surface area contributed by atoms with Gasteiger partial charge in [-0.1, -0.05) is 30.3 Å². The number of aromatic nitrogens is 2. The van der Waals surface area contributed by atoms with Crippen LogP contribution in [0.4, 0.5) is 0 Å². The maximum Gasteiger partial charge on any atom is 0.326 e. The number of nitrogens with one attached hydrogen (secondary N) is 4. The van der Waals surface area contributed by atoms with Gasteiger partial charge in [-0.2, -0.15) is 0 Å². The van der Waals surface area contributed by atoms with Crippen LogP contribution in [0.2, 0.25) is 0 Å². The minimum absolute atomic E-state index is 0.0841. The summed E-state index contributed by atoms with van der Waals surface area (Å²) in [5.74, 6) is -6.61. The number of carboxylic acids is 3. The molecule has 9 N–H and O–H groups in total. The second-order valence-electron chi connectivity index (χ2n) is 8.96. The van der Waals surface area contributed by atoms with Crippen LogP contribution in [-0.4, -0.2) is 85.1 Å². The summed E-state index contributed by atoms with van der Waals surface area (Å²) in [5, 5.41) is 34.3. The topological polar surface area (TPSA) is 254 Å². The first-order valence-corrected chi connectivity index (χ1v) is 12.3. The number of nitrogens with zero attached hydrogens (tertiary/aromatic N) is 1. The lowest BCUT2D eigenvalue weighted by Gasteiger charge is -2.25. The van der Waals surface area contributed by atoms with Crippen molar-refractivity contribution in [2.45, 2.75) is 62.7 Å². The van der Waals surface area contributed by atoms with Gasteiger partial charge in [0.25, 0.3) is 0 Å². The third-order valence-electron chi connectivity index (χ3n) is 5.79. The normalized spacial score (nSPS) is 13.7. The lowest BCUT2D eigenvalue weighted by Crippen LogP contribution is -2.57. The highest BCUT2D eigenvalue weighted by atomic mass is 16.4. The van der Waals surface area contributed by atoms with Gasteiger partial charge in [-0.05, 0) is 24.8 Å². The fourth-order valence-corrected chi connectivity index (χ4v) is 3.67. The molecule has 216 valence electrons. The van der Waals surface area contributed by atoms with Crippen molar-refractivity contribution >= 4 is 35.6 Å². The standard InChI is InChI=1S/C25H32N6O9/c26-16(10-14-4-2-1-3-5-14)22(36)31-19(11-15-12-27-13-28-15)24(38)29-17(6-8-20(32)33)23(37)30-18(25(39)40)7-9-21(34)35/h1-5,12-13,16-19H,6-11,26H2,(H,27,28)(H,29,38)(H,30,37)(H,31,36)(H,32,33)(H,34,35)(H,39,40). The molecule has 2 rings (SSSR count). The second-order valence-corrected chi connectivity index (χ2v) is 8.96. The van der Waals surface area contributed by atoms with E-state index >= 15 is 0 Å². The predicted molar refractivity (Wildman–Crippen MR) is 138 cm³/mol. The number of rotatable bonds is 17. The van der Waals surface area contributed by atoms with Gasteiger partial charge in [0.15, 0.2) is 0 Å². The van der Waals surface area contributed by atoms with Gasteiger partial charge in [-0.15, -0.1) is 0 Å². The van der Waals surface area contributed by atoms with E-state index < -0.39 is 85.5 Å². The number of benzene rings is 1. The van der Waals surface area contributed by atoms with E-state index in [-0.39, 0.29) is 12.8 Å². The smallest absolute Gasteiger partial charge is 0.326 e. The van der Waals surface area contributed by atoms with Crippen LogP contribution in [-0.2, 0) is 41.6 Å². The Morgan fingerprint density at radius 1 is 0.775 bits per heavy atom. The molecule has 2 aromatic rings. The number of aromatic amines is 1. The Bertz CT molecular complexity index is 1170. The van der Waals surface area contributed by atoms with Crippen LogP contribution < -0.4 is 21.7 Å². The van der Waals surface area contributed by atoms with E-state index in [1.54, 1.807) is 24.3 Å². The Balaban J connectivity index is 2.18. The first kappa shape index (κ1) is 31.4. The third-order valence-corrected chi connectivity index (χ3v) is 5.79. The van der Waals surface area contributed by atoms with Crippen molar-refractivity contribution in [2.75, 3.05) is 0 Å². The van der Waals surface area contributed by atoms with Gasteiger partial charge in [0.2, 0.25) is 17.7 Å². The number of imidazole rings is 1. The molecule has 1 heterocycles. The predicted octanol–water partition coefficient (Wildman–Crippen LogP) is -1.21. The van der Waals surface area contributed by atoms with Gasteiger partial charge >= 0.3 is 17.9 Å². The minimum atomic E-state index is -1.59. The average Bonchev–Trinajstić information content (AvgIpc) is 3.41. The largest absolute Gasteiger partial charge is 0.481 e. The number of carbonyl (C=O) groups is 6. The van der Waals surface area contributed by atoms with Crippen LogP contribution in [0.5, 0.6) is 0 Å². The fraction of sp³-hybridized carbons (Fsp3) is 0.400. The molecule has 0 aliphatic heterocycles. The number of hydrogen-bond donors (Lipinski definition) is 8. The first-order chi connectivity index (χ1) is 19.0. The molecular weight excluding hydrogens is 528 g/mol. The number of hydrogen-bond acceptors (Lipinski definition) is 8. The van der Waals surface area contributed by atoms with E-state index in [1.807, 2.05) is 6.07 Å². The molecule has 4 atom stereocenters. The zero-order valence-electron chi connectivity index (χ0n) is 21.4. The van der Waals surface area contributed by atoms with Crippen LogP contribution in [0.1, 0.15) is 36.9 Å². The Hall–Kier alpha value is -4.79. The Morgan fingerprint density at radius 2 is 1.32 bits per heavy atom. The molecule has 0 aliphatic rings. The summed E-state index contributed by atoms with van der Waals surface area (Å²) in [5.41, 5.74) is 7.30. The minimum Gasteiger partial charge on any atom is -0.481 e. The Morgan fingerprint density at radius 3 is 1.88 bits per heavy atom. The van der Waals surface area contributed by atoms with Crippen LogP contribution in [0, 0.1) is 0 Å². The van der Waals surface area contributed by atoms with Gasteiger partial charge in [-0.25, -0.2) is 9.78 Å². The molecule has 4 unspecified atom stereocenters. The maximum absolute atomic E-state index is 13.3. The van der Waals surface area contributed by atoms with Crippen molar-refractivity contribution in [3.05, 3.63) is 54.1 Å². The summed E-state index contributed by atoms with van der Waals surface area (Å²) in [6, 6.07) is 3.57. The van der Waals surface area contributed by atoms with Crippen LogP contribution in [0.3, 0.4) is 0 Å². The maximum atomic E-state index is 13.3. The summed E-state index contributed by atoms with van der Waals surface area (Å²) in [6.07, 6.45) is 0.936. The van der Waals surface area contributed by atoms with Crippen molar-refractivity contribution in [3.63, 3.8) is 0 Å². The van der Waals surface area contributed by atoms with E-state index in [0.29, 0.717) is 5.69 Å². The molecular formula is C25H32N6O9. The number of carboxylic acid groups (broad SMARTS) is 3. The molecule has 1 aromatic carbocycles. The summed E-state index contributed by atoms with van der Waals surface area (Å²) in [6.45, 7) is 0. The van der Waals surface area contributed by atoms with Crippen molar-refractivity contribution in [1.82, 2.24) is 25.9 Å². The highest BCUT2D eigenvalue weighted by Gasteiger charge is 2.31. The summed E-state index contributed by atoms with van der Waals surface area (Å²) >= 11 is 0. The highest BCUT2D eigenvalue weighted by molar-refractivity contribution is 5.94. The summed E-state index contributed by atoms with van der Waals surface area (Å²) in [4.78, 5) is 79.1. The molecule has 1 aromatic heterocycles. The van der Waals surface area contributed by atoms with Gasteiger partial charge in [0.05, 0.1) is 12.4 Å². The van der Waals surface area contributed by atoms with E-state index in [2.05, 4.69) is 25.9 Å². The van der Waals surface area contributed by atoms with E-state index in [1.165, 1.54) is 12.5 Å². The number of H-pyrrole nitrogens is 1. The van der Waals surface area contributed by atoms with Gasteiger partial charge in [0, 0.05) is 31.2 Å². The van der Waals surface area contributed by atoms with Crippen LogP contribution in [0.15, 0.2) is 42.9 Å². The Kier molecular flexibility index (Phi) is 12.2. The quantitative estimate of drug-likeness (QED) is 0.114. The van der Waals surface area contributed by atoms with Crippen LogP contribution >= 0.6 is 0 Å². The molecule has 0 spiro atoms. The number of aliphatic carboxylic acids is 3. The monoisotopic (exact) mass is 560 g/mol. The van der Waals surface area contributed by atoms with E-state index in [4.69, 9.17) is 15.9 Å². The molecule has 40 heavy (non-hydrogen) atoms. The molecule has 15 heteroatoms. The van der Waals surface area contributed by atoms with Gasteiger partial charge in [-0.3, -0.25) is 24.0 Å². The van der Waals surface area contributed by atoms with E-state index in [9.17, 15) is 33.9 Å². The van der Waals surface area contributed by atoms with Crippen molar-refractivity contribution in [1.29, 1.82) is 0 Å². The third kappa shape index (κ3) is 10.9. The number of carbonyl (C=O) groups excluding carboxylic acids is 3. The summed E-state index contributed by atoms with van der Waals surface area (Å²) in [7, 11) is 0. The van der Waals surface area contributed by atoms with Crippen molar-refractivity contribution in [2.24, 2.45) is 5.73 Å². The average molecular weight is 561 g/mol. The lowest BCUT2D eigenvalue weighted by atomic mass is 10.0. The zero-order chi connectivity index (χ0) is 29.7. The molecule has 0 aliphatic carbocycles. The number of nitrogens with two attached hydrogens (primary N) is 1. The molecule has 0 bridgehead atoms. The highest BCUT2D eigenvalue weighted by Crippen LogP contribution is 2.07. The van der Waals surface area contributed by atoms with Crippen molar-refractivity contribution in [3.8, 4) is 0 Å². The molecule has 0 saturated carbocycles. The summed E-state index contributed by atoms with van der Waals surface area (Å²) < 4.78 is 0. The molecule has 0 fully saturated rings. The van der Waals surface area contributed by atoms with Gasteiger partial charge < -0.3 is 42.0 Å². The second kappa shape index (κ2) is 15.6. The molecule has 3 amide bonds. The first-order valence-electron chi connectivity index (χ1n) is 12.3. The van der Waals surface area contributed by atoms with Crippen molar-refractivity contribution < 1.29 is 44.1 Å². The SMILES string of the molecule is NC(Cc1ccccc1)C(=O)NC(Cc1cnc[nH]1)C(=O)NC(CCC(=O)O)C(=O)NC(CCC(=O)O)C(=O)O.